The van der Waals surface area contributed by atoms with E-state index in [1.165, 1.54) is 25.7 Å². The molecule has 0 spiro atoms. The second-order valence-corrected chi connectivity index (χ2v) is 4.56. The first-order valence-electron chi connectivity index (χ1n) is 7.07. The maximum Gasteiger partial charge on any atom is 0.328 e. The van der Waals surface area contributed by atoms with E-state index in [0.717, 1.165) is 12.8 Å². The van der Waals surface area contributed by atoms with Crippen LogP contribution < -0.4 is 5.32 Å². The highest BCUT2D eigenvalue weighted by Crippen LogP contribution is 2.06. The largest absolute Gasteiger partial charge is 0.464 e. The van der Waals surface area contributed by atoms with Gasteiger partial charge >= 0.3 is 5.97 Å². The summed E-state index contributed by atoms with van der Waals surface area (Å²) in [5.74, 6) is -0.431. The smallest absolute Gasteiger partial charge is 0.328 e. The molecule has 0 aliphatic carbocycles. The number of carbonyl (C=O) groups excluding carboxylic acids is 2. The predicted octanol–water partition coefficient (Wildman–Crippen LogP) is 2.80. The number of hydrogen-bond acceptors (Lipinski definition) is 3. The molecule has 1 amide bonds. The van der Waals surface area contributed by atoms with E-state index in [-0.39, 0.29) is 11.9 Å². The Hall–Kier alpha value is -1.06. The maximum absolute atomic E-state index is 11.5. The van der Waals surface area contributed by atoms with Gasteiger partial charge in [-0.05, 0) is 20.3 Å². The molecule has 0 aromatic carbocycles. The molecular weight excluding hydrogens is 230 g/mol. The van der Waals surface area contributed by atoms with Gasteiger partial charge in [0.1, 0.15) is 6.04 Å². The molecule has 4 nitrogen and oxygen atoms in total. The van der Waals surface area contributed by atoms with Crippen LogP contribution in [0.2, 0.25) is 0 Å². The van der Waals surface area contributed by atoms with Gasteiger partial charge in [0.2, 0.25) is 5.91 Å². The van der Waals surface area contributed by atoms with E-state index < -0.39 is 6.04 Å². The fourth-order valence-corrected chi connectivity index (χ4v) is 1.71. The predicted molar refractivity (Wildman–Crippen MR) is 72.2 cm³/mol. The van der Waals surface area contributed by atoms with E-state index in [0.29, 0.717) is 13.0 Å². The van der Waals surface area contributed by atoms with Gasteiger partial charge in [-0.25, -0.2) is 4.79 Å². The van der Waals surface area contributed by atoms with E-state index >= 15 is 0 Å². The van der Waals surface area contributed by atoms with E-state index in [1.807, 2.05) is 0 Å². The standard InChI is InChI=1S/C14H27NO3/c1-4-6-7-8-9-10-11-13(16)15-12(3)14(17)18-5-2/h12H,4-11H2,1-3H3,(H,15,16). The zero-order valence-electron chi connectivity index (χ0n) is 12.0. The topological polar surface area (TPSA) is 55.4 Å². The third-order valence-corrected chi connectivity index (χ3v) is 2.78. The number of hydrogen-bond donors (Lipinski definition) is 1. The Morgan fingerprint density at radius 1 is 1.06 bits per heavy atom. The van der Waals surface area contributed by atoms with Crippen LogP contribution in [0.1, 0.15) is 65.7 Å². The lowest BCUT2D eigenvalue weighted by atomic mass is 10.1. The summed E-state index contributed by atoms with van der Waals surface area (Å²) < 4.78 is 4.82. The Bertz CT molecular complexity index is 241. The minimum atomic E-state index is -0.544. The fourth-order valence-electron chi connectivity index (χ4n) is 1.71. The fraction of sp³-hybridized carbons (Fsp3) is 0.857. The highest BCUT2D eigenvalue weighted by molar-refractivity contribution is 5.84. The van der Waals surface area contributed by atoms with Gasteiger partial charge in [-0.2, -0.15) is 0 Å². The van der Waals surface area contributed by atoms with Crippen LogP contribution in [0, 0.1) is 0 Å². The Kier molecular flexibility index (Phi) is 10.4. The summed E-state index contributed by atoms with van der Waals surface area (Å²) >= 11 is 0. The quantitative estimate of drug-likeness (QED) is 0.483. The average Bonchev–Trinajstić information content (AvgIpc) is 2.33. The van der Waals surface area contributed by atoms with Gasteiger partial charge in [-0.1, -0.05) is 39.0 Å². The normalized spacial score (nSPS) is 11.9. The molecule has 0 aliphatic rings. The molecular formula is C14H27NO3. The average molecular weight is 257 g/mol. The summed E-state index contributed by atoms with van der Waals surface area (Å²) in [7, 11) is 0. The molecule has 1 unspecified atom stereocenters. The molecule has 18 heavy (non-hydrogen) atoms. The first kappa shape index (κ1) is 16.9. The molecule has 0 radical (unpaired) electrons. The molecule has 0 aromatic rings. The van der Waals surface area contributed by atoms with Gasteiger partial charge in [0.15, 0.2) is 0 Å². The van der Waals surface area contributed by atoms with Gasteiger partial charge in [-0.15, -0.1) is 0 Å². The molecule has 0 aliphatic heterocycles. The number of amides is 1. The molecule has 4 heteroatoms. The van der Waals surface area contributed by atoms with Gasteiger partial charge < -0.3 is 10.1 Å². The summed E-state index contributed by atoms with van der Waals surface area (Å²) in [6, 6.07) is -0.544. The zero-order chi connectivity index (χ0) is 13.8. The number of rotatable bonds is 10. The highest BCUT2D eigenvalue weighted by Gasteiger charge is 2.15. The van der Waals surface area contributed by atoms with Crippen molar-refractivity contribution in [1.29, 1.82) is 0 Å². The lowest BCUT2D eigenvalue weighted by Gasteiger charge is -2.12. The molecule has 106 valence electrons. The van der Waals surface area contributed by atoms with E-state index in [2.05, 4.69) is 12.2 Å². The summed E-state index contributed by atoms with van der Waals surface area (Å²) in [6.07, 6.45) is 7.41. The Morgan fingerprint density at radius 3 is 2.28 bits per heavy atom. The molecule has 0 aromatic heterocycles. The van der Waals surface area contributed by atoms with Crippen molar-refractivity contribution in [2.45, 2.75) is 71.8 Å². The lowest BCUT2D eigenvalue weighted by molar-refractivity contribution is -0.146. The molecule has 0 heterocycles. The number of carbonyl (C=O) groups is 2. The summed E-state index contributed by atoms with van der Waals surface area (Å²) in [4.78, 5) is 22.8. The number of unbranched alkanes of at least 4 members (excludes halogenated alkanes) is 5. The minimum absolute atomic E-state index is 0.0638. The zero-order valence-corrected chi connectivity index (χ0v) is 12.0. The number of nitrogens with one attached hydrogen (secondary N) is 1. The first-order valence-corrected chi connectivity index (χ1v) is 7.07. The maximum atomic E-state index is 11.5. The van der Waals surface area contributed by atoms with Crippen molar-refractivity contribution in [2.24, 2.45) is 0 Å². The Morgan fingerprint density at radius 2 is 1.67 bits per heavy atom. The van der Waals surface area contributed by atoms with Crippen LogP contribution in [0.25, 0.3) is 0 Å². The van der Waals surface area contributed by atoms with E-state index in [1.54, 1.807) is 13.8 Å². The van der Waals surface area contributed by atoms with Crippen molar-refractivity contribution in [1.82, 2.24) is 5.32 Å². The number of ether oxygens (including phenoxy) is 1. The van der Waals surface area contributed by atoms with Crippen molar-refractivity contribution < 1.29 is 14.3 Å². The lowest BCUT2D eigenvalue weighted by Crippen LogP contribution is -2.39. The van der Waals surface area contributed by atoms with E-state index in [4.69, 9.17) is 4.74 Å². The Labute approximate surface area is 110 Å². The van der Waals surface area contributed by atoms with Crippen LogP contribution in [0.15, 0.2) is 0 Å². The van der Waals surface area contributed by atoms with Gasteiger partial charge in [-0.3, -0.25) is 4.79 Å². The molecule has 1 atom stereocenters. The second-order valence-electron chi connectivity index (χ2n) is 4.56. The third kappa shape index (κ3) is 9.02. The molecule has 0 saturated heterocycles. The van der Waals surface area contributed by atoms with Crippen molar-refractivity contribution in [3.63, 3.8) is 0 Å². The van der Waals surface area contributed by atoms with Crippen molar-refractivity contribution in [3.8, 4) is 0 Å². The van der Waals surface area contributed by atoms with Crippen LogP contribution in [-0.2, 0) is 14.3 Å². The Balaban J connectivity index is 3.55. The van der Waals surface area contributed by atoms with Crippen molar-refractivity contribution >= 4 is 11.9 Å². The number of esters is 1. The summed E-state index contributed by atoms with van der Waals surface area (Å²) in [5, 5.41) is 2.65. The highest BCUT2D eigenvalue weighted by atomic mass is 16.5. The summed E-state index contributed by atoms with van der Waals surface area (Å²) in [6.45, 7) is 5.93. The second kappa shape index (κ2) is 11.1. The van der Waals surface area contributed by atoms with Crippen LogP contribution in [0.4, 0.5) is 0 Å². The van der Waals surface area contributed by atoms with Gasteiger partial charge in [0.25, 0.3) is 0 Å². The van der Waals surface area contributed by atoms with Crippen LogP contribution in [0.5, 0.6) is 0 Å². The molecule has 0 saturated carbocycles. The van der Waals surface area contributed by atoms with Gasteiger partial charge in [0, 0.05) is 6.42 Å². The van der Waals surface area contributed by atoms with Crippen molar-refractivity contribution in [3.05, 3.63) is 0 Å². The van der Waals surface area contributed by atoms with Crippen LogP contribution >= 0.6 is 0 Å². The minimum Gasteiger partial charge on any atom is -0.464 e. The van der Waals surface area contributed by atoms with Crippen LogP contribution in [0.3, 0.4) is 0 Å². The third-order valence-electron chi connectivity index (χ3n) is 2.78. The summed E-state index contributed by atoms with van der Waals surface area (Å²) in [5.41, 5.74) is 0. The molecule has 0 fully saturated rings. The van der Waals surface area contributed by atoms with Crippen LogP contribution in [-0.4, -0.2) is 24.5 Å². The SMILES string of the molecule is CCCCCCCCC(=O)NC(C)C(=O)OCC. The first-order chi connectivity index (χ1) is 8.61. The van der Waals surface area contributed by atoms with Crippen molar-refractivity contribution in [2.75, 3.05) is 6.61 Å². The van der Waals surface area contributed by atoms with Gasteiger partial charge in [0.05, 0.1) is 6.61 Å². The molecule has 1 N–H and O–H groups in total. The monoisotopic (exact) mass is 257 g/mol. The molecule has 0 bridgehead atoms. The molecule has 0 rings (SSSR count). The van der Waals surface area contributed by atoms with E-state index in [9.17, 15) is 9.59 Å².